The number of nitrogens with one attached hydrogen (secondary N) is 2. The smallest absolute Gasteiger partial charge is 0.243 e. The molecule has 1 saturated carbocycles. The fraction of sp³-hybridized carbons (Fsp3) is 0.882. The zero-order valence-electron chi connectivity index (χ0n) is 14.0. The van der Waals surface area contributed by atoms with Gasteiger partial charge in [0.2, 0.25) is 11.8 Å². The van der Waals surface area contributed by atoms with Gasteiger partial charge in [0.25, 0.3) is 0 Å². The number of hydrogen-bond acceptors (Lipinski definition) is 4. The molecule has 2 N–H and O–H groups in total. The van der Waals surface area contributed by atoms with Crippen molar-refractivity contribution in [1.82, 2.24) is 15.5 Å². The average Bonchev–Trinajstić information content (AvgIpc) is 3.27. The van der Waals surface area contributed by atoms with Gasteiger partial charge in [0.15, 0.2) is 0 Å². The summed E-state index contributed by atoms with van der Waals surface area (Å²) in [5.74, 6) is 1.90. The lowest BCUT2D eigenvalue weighted by Crippen LogP contribution is -2.54. The Kier molecular flexibility index (Phi) is 5.98. The highest BCUT2D eigenvalue weighted by molar-refractivity contribution is 7.99. The van der Waals surface area contributed by atoms with Crippen LogP contribution in [0.3, 0.4) is 0 Å². The molecule has 4 fully saturated rings. The van der Waals surface area contributed by atoms with Crippen molar-refractivity contribution in [2.24, 2.45) is 5.92 Å². The first-order valence-corrected chi connectivity index (χ1v) is 10.3. The van der Waals surface area contributed by atoms with Crippen molar-refractivity contribution < 1.29 is 9.59 Å². The third kappa shape index (κ3) is 3.70. The van der Waals surface area contributed by atoms with Gasteiger partial charge in [-0.3, -0.25) is 9.59 Å². The Morgan fingerprint density at radius 1 is 1.04 bits per heavy atom. The Morgan fingerprint density at radius 3 is 2.38 bits per heavy atom. The molecule has 4 aliphatic rings. The zero-order valence-corrected chi connectivity index (χ0v) is 15.7. The van der Waals surface area contributed by atoms with E-state index in [2.05, 4.69) is 10.6 Å². The van der Waals surface area contributed by atoms with Crippen LogP contribution in [0.25, 0.3) is 0 Å². The molecule has 2 bridgehead atoms. The zero-order chi connectivity index (χ0) is 15.8. The summed E-state index contributed by atoms with van der Waals surface area (Å²) >= 11 is 1.71. The molecule has 0 radical (unpaired) electrons. The molecular weight excluding hydrogens is 346 g/mol. The van der Waals surface area contributed by atoms with Gasteiger partial charge < -0.3 is 15.5 Å². The SMILES string of the molecule is Cl.O=C(NC1CC2CCC(C1)N2)C1CSCN1C(=O)C1CCCC1. The lowest BCUT2D eigenvalue weighted by Gasteiger charge is -2.32. The molecule has 4 rings (SSSR count). The predicted octanol–water partition coefficient (Wildman–Crippen LogP) is 1.90. The van der Waals surface area contributed by atoms with E-state index in [1.165, 1.54) is 12.8 Å². The van der Waals surface area contributed by atoms with Crippen LogP contribution < -0.4 is 10.6 Å². The summed E-state index contributed by atoms with van der Waals surface area (Å²) in [4.78, 5) is 27.3. The number of halogens is 1. The Balaban J connectivity index is 0.00000169. The standard InChI is InChI=1S/C17H27N3O2S.ClH/c21-16(19-14-7-12-5-6-13(8-14)18-12)15-9-23-10-20(15)17(22)11-3-1-2-4-11;/h11-15,18H,1-10H2,(H,19,21);1H. The van der Waals surface area contributed by atoms with Gasteiger partial charge in [-0.05, 0) is 38.5 Å². The summed E-state index contributed by atoms with van der Waals surface area (Å²) in [7, 11) is 0. The average molecular weight is 374 g/mol. The first-order chi connectivity index (χ1) is 11.2. The molecular formula is C17H28ClN3O2S. The topological polar surface area (TPSA) is 61.4 Å². The van der Waals surface area contributed by atoms with Crippen molar-refractivity contribution in [2.45, 2.75) is 75.5 Å². The lowest BCUT2D eigenvalue weighted by molar-refractivity contribution is -0.141. The summed E-state index contributed by atoms with van der Waals surface area (Å²) in [6.45, 7) is 0. The molecule has 136 valence electrons. The van der Waals surface area contributed by atoms with Gasteiger partial charge in [-0.15, -0.1) is 24.2 Å². The molecule has 3 atom stereocenters. The van der Waals surface area contributed by atoms with E-state index in [-0.39, 0.29) is 42.2 Å². The van der Waals surface area contributed by atoms with E-state index in [0.29, 0.717) is 18.0 Å². The predicted molar refractivity (Wildman–Crippen MR) is 98.3 cm³/mol. The molecule has 0 aromatic heterocycles. The van der Waals surface area contributed by atoms with Gasteiger partial charge in [-0.25, -0.2) is 0 Å². The number of hydrogen-bond donors (Lipinski definition) is 2. The first kappa shape index (κ1) is 18.3. The van der Waals surface area contributed by atoms with Crippen molar-refractivity contribution in [1.29, 1.82) is 0 Å². The number of rotatable bonds is 3. The number of thioether (sulfide) groups is 1. The van der Waals surface area contributed by atoms with Crippen molar-refractivity contribution >= 4 is 36.0 Å². The number of carbonyl (C=O) groups excluding carboxylic acids is 2. The van der Waals surface area contributed by atoms with Crippen molar-refractivity contribution in [2.75, 3.05) is 11.6 Å². The Morgan fingerprint density at radius 2 is 1.71 bits per heavy atom. The molecule has 3 aliphatic heterocycles. The van der Waals surface area contributed by atoms with Crippen LogP contribution in [0.1, 0.15) is 51.4 Å². The third-order valence-electron chi connectivity index (χ3n) is 5.99. The van der Waals surface area contributed by atoms with E-state index in [0.717, 1.165) is 44.3 Å². The summed E-state index contributed by atoms with van der Waals surface area (Å²) < 4.78 is 0. The van der Waals surface area contributed by atoms with Crippen LogP contribution in [-0.2, 0) is 9.59 Å². The van der Waals surface area contributed by atoms with Crippen LogP contribution in [0.4, 0.5) is 0 Å². The summed E-state index contributed by atoms with van der Waals surface area (Å²) in [6.07, 6.45) is 8.89. The second kappa shape index (κ2) is 7.83. The second-order valence-electron chi connectivity index (χ2n) is 7.62. The highest BCUT2D eigenvalue weighted by Crippen LogP contribution is 2.31. The number of fused-ring (bicyclic) bond motifs is 2. The molecule has 3 saturated heterocycles. The summed E-state index contributed by atoms with van der Waals surface area (Å²) in [6, 6.07) is 1.19. The third-order valence-corrected chi connectivity index (χ3v) is 7.00. The highest BCUT2D eigenvalue weighted by Gasteiger charge is 2.40. The minimum Gasteiger partial charge on any atom is -0.351 e. The molecule has 3 heterocycles. The monoisotopic (exact) mass is 373 g/mol. The fourth-order valence-electron chi connectivity index (χ4n) is 4.76. The van der Waals surface area contributed by atoms with Gasteiger partial charge in [0.1, 0.15) is 6.04 Å². The molecule has 5 nitrogen and oxygen atoms in total. The molecule has 7 heteroatoms. The van der Waals surface area contributed by atoms with Crippen molar-refractivity contribution in [3.63, 3.8) is 0 Å². The highest BCUT2D eigenvalue weighted by atomic mass is 35.5. The van der Waals surface area contributed by atoms with E-state index in [9.17, 15) is 9.59 Å². The van der Waals surface area contributed by atoms with Gasteiger partial charge in [0.05, 0.1) is 5.88 Å². The molecule has 0 aromatic carbocycles. The summed E-state index contributed by atoms with van der Waals surface area (Å²) in [5, 5.41) is 6.86. The minimum absolute atomic E-state index is 0. The molecule has 2 amide bonds. The fourth-order valence-corrected chi connectivity index (χ4v) is 5.92. The van der Waals surface area contributed by atoms with Crippen LogP contribution in [0.5, 0.6) is 0 Å². The number of carbonyl (C=O) groups is 2. The molecule has 0 spiro atoms. The maximum absolute atomic E-state index is 12.7. The van der Waals surface area contributed by atoms with E-state index >= 15 is 0 Å². The maximum Gasteiger partial charge on any atom is 0.243 e. The van der Waals surface area contributed by atoms with E-state index in [4.69, 9.17) is 0 Å². The van der Waals surface area contributed by atoms with Crippen LogP contribution in [-0.4, -0.2) is 52.5 Å². The van der Waals surface area contributed by atoms with E-state index in [1.807, 2.05) is 4.90 Å². The van der Waals surface area contributed by atoms with Gasteiger partial charge in [-0.2, -0.15) is 0 Å². The number of amides is 2. The molecule has 3 unspecified atom stereocenters. The van der Waals surface area contributed by atoms with Gasteiger partial charge >= 0.3 is 0 Å². The van der Waals surface area contributed by atoms with Crippen molar-refractivity contribution in [3.05, 3.63) is 0 Å². The lowest BCUT2D eigenvalue weighted by atomic mass is 9.99. The Labute approximate surface area is 154 Å². The number of piperidine rings is 1. The van der Waals surface area contributed by atoms with Gasteiger partial charge in [0, 0.05) is 29.8 Å². The van der Waals surface area contributed by atoms with Gasteiger partial charge in [-0.1, -0.05) is 12.8 Å². The van der Waals surface area contributed by atoms with Crippen LogP contribution in [0.15, 0.2) is 0 Å². The summed E-state index contributed by atoms with van der Waals surface area (Å²) in [5.41, 5.74) is 0. The quantitative estimate of drug-likeness (QED) is 0.793. The normalized spacial score (nSPS) is 35.8. The van der Waals surface area contributed by atoms with Crippen LogP contribution in [0.2, 0.25) is 0 Å². The maximum atomic E-state index is 12.7. The molecule has 24 heavy (non-hydrogen) atoms. The Hall–Kier alpha value is -0.460. The van der Waals surface area contributed by atoms with Crippen LogP contribution in [0, 0.1) is 5.92 Å². The number of nitrogens with zero attached hydrogens (tertiary/aromatic N) is 1. The molecule has 0 aromatic rings. The van der Waals surface area contributed by atoms with Crippen molar-refractivity contribution in [3.8, 4) is 0 Å². The minimum atomic E-state index is -0.249. The van der Waals surface area contributed by atoms with E-state index in [1.54, 1.807) is 11.8 Å². The Bertz CT molecular complexity index is 474. The first-order valence-electron chi connectivity index (χ1n) is 9.15. The second-order valence-corrected chi connectivity index (χ2v) is 8.62. The van der Waals surface area contributed by atoms with E-state index < -0.39 is 0 Å². The molecule has 1 aliphatic carbocycles. The van der Waals surface area contributed by atoms with Crippen LogP contribution >= 0.6 is 24.2 Å². The largest absolute Gasteiger partial charge is 0.351 e.